The number of benzene rings is 2. The van der Waals surface area contributed by atoms with Crippen molar-refractivity contribution in [3.05, 3.63) is 78.2 Å². The van der Waals surface area contributed by atoms with Crippen molar-refractivity contribution in [2.24, 2.45) is 0 Å². The van der Waals surface area contributed by atoms with Crippen LogP contribution in [0.15, 0.2) is 72.0 Å². The number of hydrogen-bond acceptors (Lipinski definition) is 6. The number of nitrogens with zero attached hydrogens (tertiary/aromatic N) is 2. The number of hydrogen-bond donors (Lipinski definition) is 4. The van der Waals surface area contributed by atoms with Crippen LogP contribution in [0.3, 0.4) is 0 Å². The lowest BCUT2D eigenvalue weighted by atomic mass is 10.1. The minimum atomic E-state index is -3.54. The quantitative estimate of drug-likeness (QED) is 0.323. The van der Waals surface area contributed by atoms with E-state index in [0.717, 1.165) is 48.0 Å². The van der Waals surface area contributed by atoms with Crippen LogP contribution in [0, 0.1) is 0 Å². The highest BCUT2D eigenvalue weighted by atomic mass is 32.2. The van der Waals surface area contributed by atoms with Crippen LogP contribution in [0.2, 0.25) is 0 Å². The average molecular weight is 475 g/mol. The van der Waals surface area contributed by atoms with E-state index in [1.54, 1.807) is 36.7 Å². The van der Waals surface area contributed by atoms with Gasteiger partial charge in [-0.25, -0.2) is 23.1 Å². The van der Waals surface area contributed by atoms with Gasteiger partial charge in [0.2, 0.25) is 16.0 Å². The van der Waals surface area contributed by atoms with Gasteiger partial charge in [0, 0.05) is 46.8 Å². The number of H-pyrrole nitrogens is 1. The van der Waals surface area contributed by atoms with Gasteiger partial charge in [0.1, 0.15) is 0 Å². The zero-order valence-electron chi connectivity index (χ0n) is 18.5. The normalized spacial score (nSPS) is 15.2. The summed E-state index contributed by atoms with van der Waals surface area (Å²) in [5.74, 6) is 0.438. The summed E-state index contributed by atoms with van der Waals surface area (Å²) in [6, 6.07) is 14.8. The predicted molar refractivity (Wildman–Crippen MR) is 135 cm³/mol. The van der Waals surface area contributed by atoms with Crippen molar-refractivity contribution in [3.8, 4) is 0 Å². The van der Waals surface area contributed by atoms with Crippen LogP contribution in [0.1, 0.15) is 24.0 Å². The van der Waals surface area contributed by atoms with Crippen molar-refractivity contribution < 1.29 is 8.42 Å². The highest BCUT2D eigenvalue weighted by Gasteiger charge is 2.21. The molecule has 34 heavy (non-hydrogen) atoms. The maximum Gasteiger partial charge on any atom is 0.240 e. The van der Waals surface area contributed by atoms with Gasteiger partial charge in [0.05, 0.1) is 4.90 Å². The van der Waals surface area contributed by atoms with E-state index in [0.29, 0.717) is 11.6 Å². The topological polar surface area (TPSA) is 112 Å². The zero-order valence-corrected chi connectivity index (χ0v) is 19.3. The molecule has 1 aliphatic rings. The van der Waals surface area contributed by atoms with Crippen molar-refractivity contribution in [1.82, 2.24) is 25.0 Å². The molecule has 2 aromatic heterocycles. The first kappa shape index (κ1) is 22.3. The fourth-order valence-corrected chi connectivity index (χ4v) is 5.31. The van der Waals surface area contributed by atoms with Gasteiger partial charge in [0.15, 0.2) is 0 Å². The zero-order chi connectivity index (χ0) is 23.4. The molecule has 1 fully saturated rings. The van der Waals surface area contributed by atoms with Crippen LogP contribution in [-0.2, 0) is 10.0 Å². The van der Waals surface area contributed by atoms with Gasteiger partial charge in [-0.15, -0.1) is 0 Å². The molecular weight excluding hydrogens is 448 g/mol. The molecule has 5 rings (SSSR count). The molecule has 0 atom stereocenters. The molecule has 3 heterocycles. The standard InChI is InChI=1S/C25H26N6O2S/c32-34(33,31-21-10-13-26-14-11-21)22-8-6-20(7-9-22)30-25-28-16-18(17-29-25)4-5-19-2-1-3-24-23(19)12-15-27-24/h1-9,12,15-17,21,26-27,31H,10-11,13-14H2,(H,28,29,30). The van der Waals surface area contributed by atoms with Crippen LogP contribution in [0.25, 0.3) is 23.1 Å². The smallest absolute Gasteiger partial charge is 0.240 e. The number of aromatic amines is 1. The second-order valence-electron chi connectivity index (χ2n) is 8.25. The lowest BCUT2D eigenvalue weighted by Gasteiger charge is -2.23. The Kier molecular flexibility index (Phi) is 6.39. The van der Waals surface area contributed by atoms with Crippen molar-refractivity contribution >= 4 is 44.7 Å². The maximum absolute atomic E-state index is 12.6. The minimum Gasteiger partial charge on any atom is -0.361 e. The number of aromatic nitrogens is 3. The summed E-state index contributed by atoms with van der Waals surface area (Å²) in [4.78, 5) is 12.2. The van der Waals surface area contributed by atoms with Crippen molar-refractivity contribution in [3.63, 3.8) is 0 Å². The predicted octanol–water partition coefficient (Wildman–Crippen LogP) is 3.90. The van der Waals surface area contributed by atoms with Gasteiger partial charge < -0.3 is 15.6 Å². The van der Waals surface area contributed by atoms with Crippen LogP contribution in [0.5, 0.6) is 0 Å². The molecule has 0 spiro atoms. The monoisotopic (exact) mass is 474 g/mol. The van der Waals surface area contributed by atoms with Crippen LogP contribution in [-0.4, -0.2) is 42.5 Å². The molecule has 0 saturated carbocycles. The number of fused-ring (bicyclic) bond motifs is 1. The van der Waals surface area contributed by atoms with Gasteiger partial charge in [0.25, 0.3) is 0 Å². The Labute approximate surface area is 198 Å². The van der Waals surface area contributed by atoms with Crippen molar-refractivity contribution in [2.45, 2.75) is 23.8 Å². The third kappa shape index (κ3) is 5.17. The van der Waals surface area contributed by atoms with Crippen LogP contribution >= 0.6 is 0 Å². The van der Waals surface area contributed by atoms with E-state index in [1.165, 1.54) is 0 Å². The van der Waals surface area contributed by atoms with E-state index >= 15 is 0 Å². The van der Waals surface area contributed by atoms with E-state index in [4.69, 9.17) is 0 Å². The Morgan fingerprint density at radius 1 is 0.941 bits per heavy atom. The van der Waals surface area contributed by atoms with Crippen LogP contribution < -0.4 is 15.4 Å². The fraction of sp³-hybridized carbons (Fsp3) is 0.200. The SMILES string of the molecule is O=S(=O)(NC1CCNCC1)c1ccc(Nc2ncc(C=Cc3cccc4[nH]ccc34)cn2)cc1. The molecule has 8 nitrogen and oxygen atoms in total. The Hall–Kier alpha value is -3.53. The summed E-state index contributed by atoms with van der Waals surface area (Å²) < 4.78 is 28.1. The molecule has 2 aromatic carbocycles. The Morgan fingerprint density at radius 3 is 2.47 bits per heavy atom. The minimum absolute atomic E-state index is 0.0269. The average Bonchev–Trinajstić information content (AvgIpc) is 3.34. The summed E-state index contributed by atoms with van der Waals surface area (Å²) in [7, 11) is -3.54. The number of nitrogens with one attached hydrogen (secondary N) is 4. The van der Waals surface area contributed by atoms with E-state index in [1.807, 2.05) is 30.5 Å². The fourth-order valence-electron chi connectivity index (χ4n) is 4.00. The van der Waals surface area contributed by atoms with Gasteiger partial charge in [-0.2, -0.15) is 0 Å². The lowest BCUT2D eigenvalue weighted by molar-refractivity contribution is 0.427. The van der Waals surface area contributed by atoms with E-state index in [9.17, 15) is 8.42 Å². The molecule has 4 aromatic rings. The van der Waals surface area contributed by atoms with Crippen molar-refractivity contribution in [2.75, 3.05) is 18.4 Å². The summed E-state index contributed by atoms with van der Waals surface area (Å²) >= 11 is 0. The molecule has 9 heteroatoms. The molecule has 4 N–H and O–H groups in total. The largest absolute Gasteiger partial charge is 0.361 e. The molecule has 174 valence electrons. The molecule has 0 bridgehead atoms. The number of anilines is 2. The Balaban J connectivity index is 1.22. The summed E-state index contributed by atoms with van der Waals surface area (Å²) in [5.41, 5.74) is 3.80. The van der Waals surface area contributed by atoms with Crippen molar-refractivity contribution in [1.29, 1.82) is 0 Å². The maximum atomic E-state index is 12.6. The molecule has 0 unspecified atom stereocenters. The second-order valence-corrected chi connectivity index (χ2v) is 9.97. The highest BCUT2D eigenvalue weighted by Crippen LogP contribution is 2.21. The first-order valence-corrected chi connectivity index (χ1v) is 12.7. The van der Waals surface area contributed by atoms with E-state index in [2.05, 4.69) is 42.4 Å². The van der Waals surface area contributed by atoms with Gasteiger partial charge in [-0.05, 0) is 67.9 Å². The molecule has 1 saturated heterocycles. The molecule has 0 radical (unpaired) electrons. The first-order valence-electron chi connectivity index (χ1n) is 11.2. The Bertz CT molecular complexity index is 1390. The number of piperidine rings is 1. The van der Waals surface area contributed by atoms with Gasteiger partial charge >= 0.3 is 0 Å². The number of sulfonamides is 1. The first-order chi connectivity index (χ1) is 16.6. The summed E-state index contributed by atoms with van der Waals surface area (Å²) in [6.45, 7) is 1.65. The van der Waals surface area contributed by atoms with E-state index < -0.39 is 10.0 Å². The molecule has 0 aliphatic carbocycles. The van der Waals surface area contributed by atoms with Gasteiger partial charge in [-0.1, -0.05) is 24.3 Å². The van der Waals surface area contributed by atoms with Gasteiger partial charge in [-0.3, -0.25) is 0 Å². The second kappa shape index (κ2) is 9.76. The van der Waals surface area contributed by atoms with Crippen LogP contribution in [0.4, 0.5) is 11.6 Å². The summed E-state index contributed by atoms with van der Waals surface area (Å²) in [6.07, 6.45) is 11.0. The molecular formula is C25H26N6O2S. The Morgan fingerprint density at radius 2 is 1.71 bits per heavy atom. The summed E-state index contributed by atoms with van der Waals surface area (Å²) in [5, 5.41) is 7.51. The number of rotatable bonds is 7. The third-order valence-electron chi connectivity index (χ3n) is 5.84. The van der Waals surface area contributed by atoms with E-state index in [-0.39, 0.29) is 10.9 Å². The molecule has 0 amide bonds. The highest BCUT2D eigenvalue weighted by molar-refractivity contribution is 7.89. The lowest BCUT2D eigenvalue weighted by Crippen LogP contribution is -2.42. The third-order valence-corrected chi connectivity index (χ3v) is 7.37. The molecule has 1 aliphatic heterocycles.